The van der Waals surface area contributed by atoms with E-state index in [0.29, 0.717) is 56.2 Å². The van der Waals surface area contributed by atoms with Gasteiger partial charge in [-0.1, -0.05) is 0 Å². The molecule has 2 saturated heterocycles. The van der Waals surface area contributed by atoms with Crippen LogP contribution in [0.25, 0.3) is 0 Å². The number of rotatable bonds is 4. The third kappa shape index (κ3) is 4.01. The number of primary amides is 1. The molecule has 1 aromatic heterocycles. The molecule has 2 N–H and O–H groups in total. The Balaban J connectivity index is 1.64. The zero-order chi connectivity index (χ0) is 19.6. The molecule has 0 atom stereocenters. The molecule has 27 heavy (non-hydrogen) atoms. The summed E-state index contributed by atoms with van der Waals surface area (Å²) in [5, 5.41) is 8.29. The maximum Gasteiger partial charge on any atom is 0.252 e. The molecule has 3 heterocycles. The molecule has 0 saturated carbocycles. The van der Waals surface area contributed by atoms with Crippen molar-refractivity contribution in [1.82, 2.24) is 20.0 Å². The Morgan fingerprint density at radius 1 is 1.04 bits per heavy atom. The van der Waals surface area contributed by atoms with E-state index < -0.39 is 5.91 Å². The average molecular weight is 374 g/mol. The number of piperazine rings is 1. The highest BCUT2D eigenvalue weighted by Gasteiger charge is 2.28. The maximum absolute atomic E-state index is 12.5. The standard InChI is InChI=1S/C18H26N6O3/c1-12-13(2)20-21-18(16(12)17(19)27)23-9-7-22(8-10-23)15(26)11-24-6-4-3-5-14(24)25/h3-11H2,1-2H3,(H2,19,27). The van der Waals surface area contributed by atoms with Crippen LogP contribution in [0.15, 0.2) is 0 Å². The van der Waals surface area contributed by atoms with Crippen LogP contribution in [-0.4, -0.2) is 77.0 Å². The first kappa shape index (κ1) is 19.1. The van der Waals surface area contributed by atoms with Gasteiger partial charge in [0.25, 0.3) is 5.91 Å². The second-order valence-electron chi connectivity index (χ2n) is 7.11. The molecule has 0 spiro atoms. The van der Waals surface area contributed by atoms with Gasteiger partial charge in [0.1, 0.15) is 0 Å². The Morgan fingerprint density at radius 3 is 2.37 bits per heavy atom. The summed E-state index contributed by atoms with van der Waals surface area (Å²) in [6.07, 6.45) is 2.39. The molecule has 2 fully saturated rings. The second kappa shape index (κ2) is 7.89. The van der Waals surface area contributed by atoms with Crippen molar-refractivity contribution in [1.29, 1.82) is 0 Å². The van der Waals surface area contributed by atoms with E-state index in [2.05, 4.69) is 10.2 Å². The van der Waals surface area contributed by atoms with Gasteiger partial charge in [-0.25, -0.2) is 0 Å². The van der Waals surface area contributed by atoms with Gasteiger partial charge in [-0.3, -0.25) is 14.4 Å². The number of likely N-dealkylation sites (tertiary alicyclic amines) is 1. The minimum absolute atomic E-state index is 0.0359. The van der Waals surface area contributed by atoms with Crippen molar-refractivity contribution < 1.29 is 14.4 Å². The van der Waals surface area contributed by atoms with Gasteiger partial charge in [0.15, 0.2) is 5.82 Å². The van der Waals surface area contributed by atoms with Gasteiger partial charge in [0.05, 0.1) is 17.8 Å². The SMILES string of the molecule is Cc1nnc(N2CCN(C(=O)CN3CCCCC3=O)CC2)c(C(N)=O)c1C. The van der Waals surface area contributed by atoms with Crippen molar-refractivity contribution in [3.05, 3.63) is 16.8 Å². The number of anilines is 1. The predicted molar refractivity (Wildman–Crippen MR) is 99.2 cm³/mol. The Kier molecular flexibility index (Phi) is 5.57. The number of nitrogens with two attached hydrogens (primary N) is 1. The molecule has 0 unspecified atom stereocenters. The molecule has 9 nitrogen and oxygen atoms in total. The lowest BCUT2D eigenvalue weighted by Crippen LogP contribution is -2.52. The van der Waals surface area contributed by atoms with Crippen LogP contribution in [0.1, 0.15) is 40.9 Å². The third-order valence-corrected chi connectivity index (χ3v) is 5.36. The zero-order valence-corrected chi connectivity index (χ0v) is 15.9. The van der Waals surface area contributed by atoms with Gasteiger partial charge in [-0.15, -0.1) is 5.10 Å². The van der Waals surface area contributed by atoms with Gasteiger partial charge < -0.3 is 20.4 Å². The smallest absolute Gasteiger partial charge is 0.252 e. The van der Waals surface area contributed by atoms with E-state index >= 15 is 0 Å². The average Bonchev–Trinajstić information content (AvgIpc) is 2.65. The van der Waals surface area contributed by atoms with E-state index in [1.54, 1.807) is 16.7 Å². The Morgan fingerprint density at radius 2 is 1.74 bits per heavy atom. The first-order chi connectivity index (χ1) is 12.9. The molecule has 2 aliphatic rings. The highest BCUT2D eigenvalue weighted by Crippen LogP contribution is 2.23. The second-order valence-corrected chi connectivity index (χ2v) is 7.11. The zero-order valence-electron chi connectivity index (χ0n) is 15.9. The monoisotopic (exact) mass is 374 g/mol. The van der Waals surface area contributed by atoms with Crippen LogP contribution in [-0.2, 0) is 9.59 Å². The van der Waals surface area contributed by atoms with Gasteiger partial charge in [-0.2, -0.15) is 5.10 Å². The fourth-order valence-electron chi connectivity index (χ4n) is 3.57. The molecule has 3 amide bonds. The lowest BCUT2D eigenvalue weighted by Gasteiger charge is -2.37. The van der Waals surface area contributed by atoms with Crippen LogP contribution >= 0.6 is 0 Å². The molecule has 146 valence electrons. The van der Waals surface area contributed by atoms with Crippen molar-refractivity contribution in [2.45, 2.75) is 33.1 Å². The maximum atomic E-state index is 12.5. The number of hydrogen-bond donors (Lipinski definition) is 1. The van der Waals surface area contributed by atoms with Gasteiger partial charge >= 0.3 is 0 Å². The summed E-state index contributed by atoms with van der Waals surface area (Å²) >= 11 is 0. The molecule has 0 bridgehead atoms. The predicted octanol–water partition coefficient (Wildman–Crippen LogP) is -0.147. The van der Waals surface area contributed by atoms with Crippen LogP contribution in [0.5, 0.6) is 0 Å². The van der Waals surface area contributed by atoms with E-state index in [0.717, 1.165) is 18.4 Å². The van der Waals surface area contributed by atoms with Gasteiger partial charge in [-0.05, 0) is 32.3 Å². The minimum atomic E-state index is -0.525. The number of carbonyl (C=O) groups is 3. The molecule has 9 heteroatoms. The van der Waals surface area contributed by atoms with Crippen molar-refractivity contribution in [2.24, 2.45) is 5.73 Å². The summed E-state index contributed by atoms with van der Waals surface area (Å²) in [5.74, 6) is -0.0255. The molecule has 2 aliphatic heterocycles. The van der Waals surface area contributed by atoms with Crippen LogP contribution in [0, 0.1) is 13.8 Å². The fraction of sp³-hybridized carbons (Fsp3) is 0.611. The van der Waals surface area contributed by atoms with E-state index in [-0.39, 0.29) is 18.4 Å². The van der Waals surface area contributed by atoms with E-state index in [9.17, 15) is 14.4 Å². The molecule has 0 aromatic carbocycles. The summed E-state index contributed by atoms with van der Waals surface area (Å²) in [6.45, 7) is 6.50. The van der Waals surface area contributed by atoms with Crippen LogP contribution in [0.2, 0.25) is 0 Å². The lowest BCUT2D eigenvalue weighted by atomic mass is 10.1. The highest BCUT2D eigenvalue weighted by molar-refractivity contribution is 5.99. The number of aryl methyl sites for hydroxylation is 1. The van der Waals surface area contributed by atoms with E-state index in [1.807, 2.05) is 11.8 Å². The molecule has 1 aromatic rings. The molecule has 3 rings (SSSR count). The van der Waals surface area contributed by atoms with Gasteiger partial charge in [0, 0.05) is 39.1 Å². The lowest BCUT2D eigenvalue weighted by molar-refractivity contribution is -0.142. The summed E-state index contributed by atoms with van der Waals surface area (Å²) < 4.78 is 0. The Hall–Kier alpha value is -2.71. The van der Waals surface area contributed by atoms with Crippen LogP contribution in [0.4, 0.5) is 5.82 Å². The number of nitrogens with zero attached hydrogens (tertiary/aromatic N) is 5. The largest absolute Gasteiger partial charge is 0.365 e. The summed E-state index contributed by atoms with van der Waals surface area (Å²) in [4.78, 5) is 41.7. The van der Waals surface area contributed by atoms with Gasteiger partial charge in [0.2, 0.25) is 11.8 Å². The van der Waals surface area contributed by atoms with Crippen LogP contribution in [0.3, 0.4) is 0 Å². The first-order valence-electron chi connectivity index (χ1n) is 9.32. The Labute approximate surface area is 158 Å². The topological polar surface area (TPSA) is 113 Å². The van der Waals surface area contributed by atoms with E-state index in [1.165, 1.54) is 0 Å². The van der Waals surface area contributed by atoms with Crippen molar-refractivity contribution in [3.8, 4) is 0 Å². The quantitative estimate of drug-likeness (QED) is 0.784. The number of aromatic nitrogens is 2. The molecular formula is C18H26N6O3. The summed E-state index contributed by atoms with van der Waals surface area (Å²) in [7, 11) is 0. The highest BCUT2D eigenvalue weighted by atomic mass is 16.2. The fourth-order valence-corrected chi connectivity index (χ4v) is 3.57. The number of piperidine rings is 1. The number of carbonyl (C=O) groups excluding carboxylic acids is 3. The molecule has 0 radical (unpaired) electrons. The first-order valence-corrected chi connectivity index (χ1v) is 9.32. The normalized spacial score (nSPS) is 18.0. The third-order valence-electron chi connectivity index (χ3n) is 5.36. The number of amides is 3. The van der Waals surface area contributed by atoms with Crippen molar-refractivity contribution in [3.63, 3.8) is 0 Å². The van der Waals surface area contributed by atoms with Crippen molar-refractivity contribution >= 4 is 23.5 Å². The Bertz CT molecular complexity index is 758. The molecular weight excluding hydrogens is 348 g/mol. The number of hydrogen-bond acceptors (Lipinski definition) is 6. The minimum Gasteiger partial charge on any atom is -0.365 e. The molecule has 0 aliphatic carbocycles. The van der Waals surface area contributed by atoms with E-state index in [4.69, 9.17) is 5.73 Å². The summed E-state index contributed by atoms with van der Waals surface area (Å²) in [5.41, 5.74) is 7.34. The van der Waals surface area contributed by atoms with Crippen LogP contribution < -0.4 is 10.6 Å². The summed E-state index contributed by atoms with van der Waals surface area (Å²) in [6, 6.07) is 0. The van der Waals surface area contributed by atoms with Crippen molar-refractivity contribution in [2.75, 3.05) is 44.2 Å².